The van der Waals surface area contributed by atoms with Crippen LogP contribution in [0.15, 0.2) is 29.0 Å². The van der Waals surface area contributed by atoms with Crippen molar-refractivity contribution in [3.05, 3.63) is 24.0 Å². The monoisotopic (exact) mass is 187 g/mol. The predicted molar refractivity (Wildman–Crippen MR) is 49.8 cm³/mol. The van der Waals surface area contributed by atoms with Crippen LogP contribution in [0.2, 0.25) is 0 Å². The van der Waals surface area contributed by atoms with Crippen molar-refractivity contribution in [2.45, 2.75) is 0 Å². The summed E-state index contributed by atoms with van der Waals surface area (Å²) in [4.78, 5) is 14.6. The molecule has 5 heteroatoms. The third-order valence-corrected chi connectivity index (χ3v) is 1.04. The van der Waals surface area contributed by atoms with Crippen LogP contribution in [0.1, 0.15) is 0 Å². The Labute approximate surface area is 75.8 Å². The van der Waals surface area contributed by atoms with E-state index in [0.29, 0.717) is 0 Å². The molecule has 0 aromatic heterocycles. The minimum atomic E-state index is -0.362. The molecule has 12 heavy (non-hydrogen) atoms. The van der Waals surface area contributed by atoms with Gasteiger partial charge in [-0.05, 0) is 12.3 Å². The van der Waals surface area contributed by atoms with Crippen LogP contribution < -0.4 is 11.1 Å². The quantitative estimate of drug-likeness (QED) is 0.495. The van der Waals surface area contributed by atoms with Crippen LogP contribution in [0.4, 0.5) is 0 Å². The van der Waals surface area contributed by atoms with Crippen LogP contribution in [0.3, 0.4) is 0 Å². The second-order valence-electron chi connectivity index (χ2n) is 1.81. The van der Waals surface area contributed by atoms with Gasteiger partial charge in [-0.15, -0.1) is 0 Å². The lowest BCUT2D eigenvalue weighted by Gasteiger charge is -1.97. The molecular formula is C7H10ClN3O. The maximum atomic E-state index is 11.0. The van der Waals surface area contributed by atoms with E-state index < -0.39 is 0 Å². The molecule has 66 valence electrons. The van der Waals surface area contributed by atoms with E-state index in [1.54, 1.807) is 0 Å². The van der Waals surface area contributed by atoms with E-state index in [2.05, 4.69) is 16.9 Å². The normalized spacial score (nSPS) is 11.7. The highest BCUT2D eigenvalue weighted by Crippen LogP contribution is 1.99. The second kappa shape index (κ2) is 5.37. The van der Waals surface area contributed by atoms with Gasteiger partial charge in [0, 0.05) is 7.05 Å². The third-order valence-electron chi connectivity index (χ3n) is 0.956. The van der Waals surface area contributed by atoms with Gasteiger partial charge in [0.1, 0.15) is 10.9 Å². The minimum Gasteiger partial charge on any atom is -0.405 e. The molecule has 0 heterocycles. The minimum absolute atomic E-state index is 0.0340. The lowest BCUT2D eigenvalue weighted by Crippen LogP contribution is -2.26. The van der Waals surface area contributed by atoms with Gasteiger partial charge in [0.05, 0.1) is 0 Å². The van der Waals surface area contributed by atoms with Crippen molar-refractivity contribution in [2.75, 3.05) is 7.05 Å². The molecule has 0 saturated heterocycles. The Morgan fingerprint density at radius 3 is 2.67 bits per heavy atom. The van der Waals surface area contributed by atoms with Crippen molar-refractivity contribution in [2.24, 2.45) is 10.7 Å². The van der Waals surface area contributed by atoms with Crippen molar-refractivity contribution in [1.82, 2.24) is 5.32 Å². The molecule has 0 aromatic carbocycles. The van der Waals surface area contributed by atoms with Crippen molar-refractivity contribution in [3.8, 4) is 0 Å². The first-order valence-electron chi connectivity index (χ1n) is 3.15. The number of hydrogen-bond acceptors (Lipinski definition) is 3. The van der Waals surface area contributed by atoms with Gasteiger partial charge in [-0.2, -0.15) is 0 Å². The zero-order valence-electron chi connectivity index (χ0n) is 6.67. The van der Waals surface area contributed by atoms with Gasteiger partial charge < -0.3 is 11.1 Å². The molecule has 0 aliphatic rings. The summed E-state index contributed by atoms with van der Waals surface area (Å²) < 4.78 is 0. The molecule has 0 fully saturated rings. The summed E-state index contributed by atoms with van der Waals surface area (Å²) >= 11 is 5.37. The van der Waals surface area contributed by atoms with Crippen molar-refractivity contribution in [3.63, 3.8) is 0 Å². The molecule has 0 aromatic rings. The Hall–Kier alpha value is -1.29. The summed E-state index contributed by atoms with van der Waals surface area (Å²) in [6.45, 7) is 3.32. The highest BCUT2D eigenvalue weighted by Gasteiger charge is 2.04. The number of nitrogens with two attached hydrogens (primary N) is 1. The van der Waals surface area contributed by atoms with Crippen molar-refractivity contribution < 1.29 is 4.79 Å². The standard InChI is InChI=1S/C7H10ClN3O/c1-5(8)11-6(3-4-9)7(12)10-2/h3-4H,1,9H2,2H3,(H,10,12)/b4-3-,11-6?. The van der Waals surface area contributed by atoms with Gasteiger partial charge in [0.2, 0.25) is 0 Å². The molecule has 0 spiro atoms. The Morgan fingerprint density at radius 1 is 1.75 bits per heavy atom. The summed E-state index contributed by atoms with van der Waals surface area (Å²) in [6, 6.07) is 0. The number of aliphatic imine (C=N–C) groups is 1. The Kier molecular flexibility index (Phi) is 4.79. The maximum Gasteiger partial charge on any atom is 0.269 e. The zero-order chi connectivity index (χ0) is 9.56. The van der Waals surface area contributed by atoms with Gasteiger partial charge in [-0.25, -0.2) is 4.99 Å². The predicted octanol–water partition coefficient (Wildman–Crippen LogP) is 0.356. The Bertz CT molecular complexity index is 245. The zero-order valence-corrected chi connectivity index (χ0v) is 7.43. The molecule has 0 aliphatic heterocycles. The van der Waals surface area contributed by atoms with Gasteiger partial charge in [-0.3, -0.25) is 4.79 Å². The fourth-order valence-electron chi connectivity index (χ4n) is 0.514. The van der Waals surface area contributed by atoms with Gasteiger partial charge in [0.25, 0.3) is 5.91 Å². The molecule has 0 radical (unpaired) electrons. The number of carbonyl (C=O) groups excluding carboxylic acids is 1. The van der Waals surface area contributed by atoms with E-state index in [1.807, 2.05) is 0 Å². The Balaban J connectivity index is 4.66. The molecule has 0 saturated carbocycles. The number of nitrogens with zero attached hydrogens (tertiary/aromatic N) is 1. The SMILES string of the molecule is C=C(Cl)N=C(/C=C\N)C(=O)NC. The number of amides is 1. The third kappa shape index (κ3) is 3.78. The van der Waals surface area contributed by atoms with Crippen molar-refractivity contribution >= 4 is 23.2 Å². The molecule has 1 amide bonds. The highest BCUT2D eigenvalue weighted by atomic mass is 35.5. The molecule has 4 nitrogen and oxygen atoms in total. The number of halogens is 1. The average Bonchev–Trinajstić information content (AvgIpc) is 2.01. The fourth-order valence-corrected chi connectivity index (χ4v) is 0.605. The number of hydrogen-bond donors (Lipinski definition) is 2. The van der Waals surface area contributed by atoms with E-state index in [-0.39, 0.29) is 16.8 Å². The first-order valence-corrected chi connectivity index (χ1v) is 3.53. The lowest BCUT2D eigenvalue weighted by atomic mass is 10.3. The molecule has 0 bridgehead atoms. The van der Waals surface area contributed by atoms with Crippen LogP contribution in [0.5, 0.6) is 0 Å². The second-order valence-corrected chi connectivity index (χ2v) is 2.25. The number of carbonyl (C=O) groups is 1. The van der Waals surface area contributed by atoms with Crippen LogP contribution in [0, 0.1) is 0 Å². The van der Waals surface area contributed by atoms with E-state index in [4.69, 9.17) is 17.3 Å². The fraction of sp³-hybridized carbons (Fsp3) is 0.143. The summed E-state index contributed by atoms with van der Waals surface area (Å²) in [6.07, 6.45) is 2.54. The van der Waals surface area contributed by atoms with Crippen LogP contribution in [-0.4, -0.2) is 18.7 Å². The van der Waals surface area contributed by atoms with Crippen LogP contribution >= 0.6 is 11.6 Å². The first-order chi connectivity index (χ1) is 5.61. The average molecular weight is 188 g/mol. The highest BCUT2D eigenvalue weighted by molar-refractivity contribution is 6.44. The molecular weight excluding hydrogens is 178 g/mol. The van der Waals surface area contributed by atoms with E-state index in [1.165, 1.54) is 19.3 Å². The van der Waals surface area contributed by atoms with Crippen molar-refractivity contribution in [1.29, 1.82) is 0 Å². The summed E-state index contributed by atoms with van der Waals surface area (Å²) in [5, 5.41) is 2.41. The Morgan fingerprint density at radius 2 is 2.33 bits per heavy atom. The van der Waals surface area contributed by atoms with E-state index in [9.17, 15) is 4.79 Å². The largest absolute Gasteiger partial charge is 0.405 e. The molecule has 3 N–H and O–H groups in total. The van der Waals surface area contributed by atoms with Gasteiger partial charge >= 0.3 is 0 Å². The summed E-state index contributed by atoms with van der Waals surface area (Å²) in [5.74, 6) is -0.362. The first kappa shape index (κ1) is 10.7. The molecule has 0 atom stereocenters. The number of nitrogens with one attached hydrogen (secondary N) is 1. The lowest BCUT2D eigenvalue weighted by molar-refractivity contribution is -0.114. The van der Waals surface area contributed by atoms with Gasteiger partial charge in [-0.1, -0.05) is 18.2 Å². The smallest absolute Gasteiger partial charge is 0.269 e. The van der Waals surface area contributed by atoms with E-state index in [0.717, 1.165) is 0 Å². The van der Waals surface area contributed by atoms with E-state index >= 15 is 0 Å². The number of rotatable bonds is 3. The van der Waals surface area contributed by atoms with Crippen LogP contribution in [-0.2, 0) is 4.79 Å². The topological polar surface area (TPSA) is 67.5 Å². The van der Waals surface area contributed by atoms with Gasteiger partial charge in [0.15, 0.2) is 0 Å². The molecule has 0 aliphatic carbocycles. The summed E-state index contributed by atoms with van der Waals surface area (Å²) in [5.41, 5.74) is 5.21. The van der Waals surface area contributed by atoms with Crippen LogP contribution in [0.25, 0.3) is 0 Å². The molecule has 0 unspecified atom stereocenters. The summed E-state index contributed by atoms with van der Waals surface area (Å²) in [7, 11) is 1.49. The maximum absolute atomic E-state index is 11.0. The molecule has 0 rings (SSSR count).